The number of ketones is 1. The standard InChI is InChI=1S/C10H14O3/c1-3-13-10(12)9-5-4-8(11)6-7(9)2/h6,9H,3-5H2,1-2H3/t9-/m0/s1. The molecule has 3 nitrogen and oxygen atoms in total. The Hall–Kier alpha value is -1.12. The second kappa shape index (κ2) is 4.21. The fraction of sp³-hybridized carbons (Fsp3) is 0.600. The van der Waals surface area contributed by atoms with Crippen molar-refractivity contribution < 1.29 is 14.3 Å². The summed E-state index contributed by atoms with van der Waals surface area (Å²) in [6.07, 6.45) is 2.60. The summed E-state index contributed by atoms with van der Waals surface area (Å²) in [5, 5.41) is 0. The van der Waals surface area contributed by atoms with Crippen molar-refractivity contribution in [2.45, 2.75) is 26.7 Å². The molecule has 0 saturated heterocycles. The highest BCUT2D eigenvalue weighted by Crippen LogP contribution is 2.23. The van der Waals surface area contributed by atoms with E-state index in [2.05, 4.69) is 0 Å². The Balaban J connectivity index is 2.66. The highest BCUT2D eigenvalue weighted by atomic mass is 16.5. The summed E-state index contributed by atoms with van der Waals surface area (Å²) in [7, 11) is 0. The third-order valence-corrected chi connectivity index (χ3v) is 2.19. The van der Waals surface area contributed by atoms with Gasteiger partial charge in [-0.15, -0.1) is 0 Å². The van der Waals surface area contributed by atoms with Crippen LogP contribution in [0.25, 0.3) is 0 Å². The topological polar surface area (TPSA) is 43.4 Å². The molecule has 0 spiro atoms. The Morgan fingerprint density at radius 1 is 1.69 bits per heavy atom. The average molecular weight is 182 g/mol. The minimum absolute atomic E-state index is 0.109. The number of carbonyl (C=O) groups is 2. The van der Waals surface area contributed by atoms with Gasteiger partial charge in [-0.05, 0) is 26.3 Å². The van der Waals surface area contributed by atoms with Crippen molar-refractivity contribution in [3.63, 3.8) is 0 Å². The third kappa shape index (κ3) is 2.41. The van der Waals surface area contributed by atoms with Crippen LogP contribution in [0.3, 0.4) is 0 Å². The fourth-order valence-corrected chi connectivity index (χ4v) is 1.49. The Labute approximate surface area is 77.8 Å². The average Bonchev–Trinajstić information content (AvgIpc) is 2.04. The van der Waals surface area contributed by atoms with Gasteiger partial charge in [-0.25, -0.2) is 0 Å². The van der Waals surface area contributed by atoms with Gasteiger partial charge in [0.1, 0.15) is 0 Å². The highest BCUT2D eigenvalue weighted by molar-refractivity contribution is 5.93. The molecule has 0 N–H and O–H groups in total. The smallest absolute Gasteiger partial charge is 0.313 e. The van der Waals surface area contributed by atoms with Crippen LogP contribution in [0.4, 0.5) is 0 Å². The molecule has 1 rings (SSSR count). The van der Waals surface area contributed by atoms with Gasteiger partial charge in [0.25, 0.3) is 0 Å². The zero-order valence-corrected chi connectivity index (χ0v) is 8.00. The Morgan fingerprint density at radius 3 is 2.92 bits per heavy atom. The molecular weight excluding hydrogens is 168 g/mol. The summed E-state index contributed by atoms with van der Waals surface area (Å²) in [4.78, 5) is 22.3. The van der Waals surface area contributed by atoms with Gasteiger partial charge in [0.05, 0.1) is 12.5 Å². The maximum absolute atomic E-state index is 11.3. The number of ether oxygens (including phenoxy) is 1. The first-order valence-corrected chi connectivity index (χ1v) is 4.52. The summed E-state index contributed by atoms with van der Waals surface area (Å²) in [6.45, 7) is 3.99. The predicted octanol–water partition coefficient (Wildman–Crippen LogP) is 1.47. The number of rotatable bonds is 2. The molecule has 0 aromatic heterocycles. The molecule has 1 atom stereocenters. The van der Waals surface area contributed by atoms with E-state index in [-0.39, 0.29) is 17.7 Å². The lowest BCUT2D eigenvalue weighted by atomic mass is 9.88. The van der Waals surface area contributed by atoms with Gasteiger partial charge in [0, 0.05) is 6.42 Å². The quantitative estimate of drug-likeness (QED) is 0.607. The summed E-state index contributed by atoms with van der Waals surface area (Å²) in [5.41, 5.74) is 0.828. The molecule has 3 heteroatoms. The lowest BCUT2D eigenvalue weighted by Crippen LogP contribution is -2.23. The van der Waals surface area contributed by atoms with Gasteiger partial charge in [0.15, 0.2) is 5.78 Å². The van der Waals surface area contributed by atoms with E-state index < -0.39 is 0 Å². The van der Waals surface area contributed by atoms with E-state index in [1.807, 2.05) is 0 Å². The molecule has 0 fully saturated rings. The molecule has 0 amide bonds. The maximum Gasteiger partial charge on any atom is 0.313 e. The van der Waals surface area contributed by atoms with Crippen molar-refractivity contribution in [3.8, 4) is 0 Å². The van der Waals surface area contributed by atoms with Crippen LogP contribution in [-0.4, -0.2) is 18.4 Å². The van der Waals surface area contributed by atoms with E-state index in [1.54, 1.807) is 19.9 Å². The predicted molar refractivity (Wildman–Crippen MR) is 48.1 cm³/mol. The molecular formula is C10H14O3. The van der Waals surface area contributed by atoms with Crippen molar-refractivity contribution in [1.29, 1.82) is 0 Å². The molecule has 0 aromatic carbocycles. The Morgan fingerprint density at radius 2 is 2.38 bits per heavy atom. The summed E-state index contributed by atoms with van der Waals surface area (Å²) < 4.78 is 4.90. The largest absolute Gasteiger partial charge is 0.466 e. The van der Waals surface area contributed by atoms with Gasteiger partial charge in [0.2, 0.25) is 0 Å². The second-order valence-electron chi connectivity index (χ2n) is 3.20. The molecule has 0 aromatic rings. The second-order valence-corrected chi connectivity index (χ2v) is 3.20. The first kappa shape index (κ1) is 9.96. The van der Waals surface area contributed by atoms with Gasteiger partial charge < -0.3 is 4.74 Å². The van der Waals surface area contributed by atoms with Crippen LogP contribution in [0, 0.1) is 5.92 Å². The van der Waals surface area contributed by atoms with Crippen LogP contribution in [-0.2, 0) is 14.3 Å². The van der Waals surface area contributed by atoms with Gasteiger partial charge >= 0.3 is 5.97 Å². The lowest BCUT2D eigenvalue weighted by molar-refractivity contribution is -0.147. The zero-order chi connectivity index (χ0) is 9.84. The summed E-state index contributed by atoms with van der Waals surface area (Å²) in [5.74, 6) is -0.292. The van der Waals surface area contributed by atoms with Crippen molar-refractivity contribution >= 4 is 11.8 Å². The lowest BCUT2D eigenvalue weighted by Gasteiger charge is -2.18. The molecule has 0 aliphatic heterocycles. The summed E-state index contributed by atoms with van der Waals surface area (Å²) >= 11 is 0. The maximum atomic E-state index is 11.3. The van der Waals surface area contributed by atoms with Crippen LogP contribution in [0.2, 0.25) is 0 Å². The van der Waals surface area contributed by atoms with E-state index in [1.165, 1.54) is 0 Å². The van der Waals surface area contributed by atoms with Crippen molar-refractivity contribution in [1.82, 2.24) is 0 Å². The minimum atomic E-state index is -0.205. The third-order valence-electron chi connectivity index (χ3n) is 2.19. The van der Waals surface area contributed by atoms with Crippen LogP contribution in [0.1, 0.15) is 26.7 Å². The van der Waals surface area contributed by atoms with E-state index >= 15 is 0 Å². The van der Waals surface area contributed by atoms with E-state index in [0.29, 0.717) is 19.4 Å². The molecule has 1 aliphatic carbocycles. The molecule has 1 aliphatic rings. The van der Waals surface area contributed by atoms with E-state index in [0.717, 1.165) is 5.57 Å². The number of carbonyl (C=O) groups excluding carboxylic acids is 2. The zero-order valence-electron chi connectivity index (χ0n) is 8.00. The van der Waals surface area contributed by atoms with Crippen LogP contribution in [0.15, 0.2) is 11.6 Å². The number of allylic oxidation sites excluding steroid dienone is 1. The fourth-order valence-electron chi connectivity index (χ4n) is 1.49. The van der Waals surface area contributed by atoms with Crippen LogP contribution < -0.4 is 0 Å². The SMILES string of the molecule is CCOC(=O)[C@H]1CCC(=O)C=C1C. The molecule has 0 saturated carbocycles. The highest BCUT2D eigenvalue weighted by Gasteiger charge is 2.25. The first-order valence-electron chi connectivity index (χ1n) is 4.52. The Bertz CT molecular complexity index is 253. The molecule has 13 heavy (non-hydrogen) atoms. The van der Waals surface area contributed by atoms with Gasteiger partial charge in [-0.2, -0.15) is 0 Å². The molecule has 0 heterocycles. The normalized spacial score (nSPS) is 22.5. The molecule has 0 radical (unpaired) electrons. The number of esters is 1. The number of hydrogen-bond donors (Lipinski definition) is 0. The Kier molecular flexibility index (Phi) is 3.23. The molecule has 0 unspecified atom stereocenters. The molecule has 0 bridgehead atoms. The van der Waals surface area contributed by atoms with E-state index in [4.69, 9.17) is 4.74 Å². The van der Waals surface area contributed by atoms with Crippen LogP contribution in [0.5, 0.6) is 0 Å². The van der Waals surface area contributed by atoms with Gasteiger partial charge in [-0.1, -0.05) is 5.57 Å². The summed E-state index contributed by atoms with van der Waals surface area (Å²) in [6, 6.07) is 0. The molecule has 72 valence electrons. The van der Waals surface area contributed by atoms with Crippen molar-refractivity contribution in [2.24, 2.45) is 5.92 Å². The van der Waals surface area contributed by atoms with Crippen molar-refractivity contribution in [2.75, 3.05) is 6.61 Å². The first-order chi connectivity index (χ1) is 6.15. The van der Waals surface area contributed by atoms with Gasteiger partial charge in [-0.3, -0.25) is 9.59 Å². The number of hydrogen-bond acceptors (Lipinski definition) is 3. The van der Waals surface area contributed by atoms with E-state index in [9.17, 15) is 9.59 Å². The minimum Gasteiger partial charge on any atom is -0.466 e. The van der Waals surface area contributed by atoms with Crippen LogP contribution >= 0.6 is 0 Å². The van der Waals surface area contributed by atoms with Crippen molar-refractivity contribution in [3.05, 3.63) is 11.6 Å². The monoisotopic (exact) mass is 182 g/mol.